The second-order valence-electron chi connectivity index (χ2n) is 16.2. The van der Waals surface area contributed by atoms with E-state index in [1.165, 1.54) is 108 Å². The minimum Gasteiger partial charge on any atom is -0.358 e. The summed E-state index contributed by atoms with van der Waals surface area (Å²) >= 11 is 0. The van der Waals surface area contributed by atoms with E-state index in [0.29, 0.717) is 23.9 Å². The first-order chi connectivity index (χ1) is 22.9. The Morgan fingerprint density at radius 1 is 0.696 bits per heavy atom. The molecule has 46 heavy (non-hydrogen) atoms. The van der Waals surface area contributed by atoms with Crippen LogP contribution in [0, 0.1) is 0 Å². The quantitative estimate of drug-likeness (QED) is 0.242. The minimum absolute atomic E-state index is 0.409. The van der Waals surface area contributed by atoms with Gasteiger partial charge in [-0.25, -0.2) is 0 Å². The van der Waals surface area contributed by atoms with Crippen LogP contribution < -0.4 is 4.90 Å². The zero-order valence-electron chi connectivity index (χ0n) is 28.1. The lowest BCUT2D eigenvalue weighted by atomic mass is 9.19. The molecule has 0 spiro atoms. The Kier molecular flexibility index (Phi) is 8.30. The Hall–Kier alpha value is -2.46. The normalized spacial score (nSPS) is 38.7. The summed E-state index contributed by atoms with van der Waals surface area (Å²) in [5.41, 5.74) is 4.88. The number of nitrogens with zero attached hydrogens (tertiary/aromatic N) is 3. The van der Waals surface area contributed by atoms with Crippen molar-refractivity contribution in [3.63, 3.8) is 0 Å². The van der Waals surface area contributed by atoms with Gasteiger partial charge in [-0.2, -0.15) is 0 Å². The molecule has 2 heterocycles. The molecule has 0 amide bonds. The molecular formula is C42H56BN3. The Labute approximate surface area is 279 Å². The first-order valence-corrected chi connectivity index (χ1v) is 19.7. The van der Waals surface area contributed by atoms with Gasteiger partial charge in [-0.15, -0.1) is 0 Å². The fourth-order valence-electron chi connectivity index (χ4n) is 12.3. The third-order valence-corrected chi connectivity index (χ3v) is 13.9. The Balaban J connectivity index is 1.22. The van der Waals surface area contributed by atoms with Crippen molar-refractivity contribution < 1.29 is 0 Å². The van der Waals surface area contributed by atoms with Gasteiger partial charge in [0.1, 0.15) is 0 Å². The summed E-state index contributed by atoms with van der Waals surface area (Å²) in [4.78, 5) is 9.18. The topological polar surface area (TPSA) is 9.72 Å². The predicted octanol–water partition coefficient (Wildman–Crippen LogP) is 10.1. The highest BCUT2D eigenvalue weighted by Crippen LogP contribution is 2.62. The molecule has 8 aliphatic rings. The van der Waals surface area contributed by atoms with Crippen molar-refractivity contribution in [1.29, 1.82) is 0 Å². The highest BCUT2D eigenvalue weighted by molar-refractivity contribution is 6.66. The second-order valence-corrected chi connectivity index (χ2v) is 16.2. The summed E-state index contributed by atoms with van der Waals surface area (Å²) in [6, 6.07) is 15.2. The van der Waals surface area contributed by atoms with Gasteiger partial charge >= 0.3 is 0 Å². The lowest BCUT2D eigenvalue weighted by Crippen LogP contribution is -2.70. The molecule has 1 aromatic carbocycles. The smallest absolute Gasteiger partial charge is 0.162 e. The molecule has 0 radical (unpaired) electrons. The van der Waals surface area contributed by atoms with Crippen LogP contribution >= 0.6 is 0 Å². The summed E-state index contributed by atoms with van der Waals surface area (Å²) in [5, 5.41) is 0. The standard InChI is InChI=1S/C42H56BN3/c1-5-17-31(18-6-1)44(32-19-7-2-8-20-32)35-29-40-42-41(30-35)46(34-23-11-4-12-24-34)39-28-16-14-26-37(39)43(42)36-25-13-15-27-38(36)45(40)33-21-9-3-10-22-33/h1-3,5-9,17-19,23,30,32-33,35-40,42H,4,10-16,20-22,24-29H2. The van der Waals surface area contributed by atoms with Gasteiger partial charge in [0.25, 0.3) is 0 Å². The molecule has 0 N–H and O–H groups in total. The minimum atomic E-state index is 0.409. The molecule has 2 saturated carbocycles. The molecule has 0 aromatic heterocycles. The van der Waals surface area contributed by atoms with E-state index in [-0.39, 0.29) is 0 Å². The van der Waals surface area contributed by atoms with Crippen LogP contribution in [0.4, 0.5) is 5.69 Å². The third-order valence-electron chi connectivity index (χ3n) is 13.9. The maximum atomic E-state index is 3.25. The van der Waals surface area contributed by atoms with Gasteiger partial charge in [-0.1, -0.05) is 99.3 Å². The average Bonchev–Trinajstić information content (AvgIpc) is 3.13. The zero-order chi connectivity index (χ0) is 30.5. The van der Waals surface area contributed by atoms with E-state index in [1.807, 2.05) is 0 Å². The molecule has 2 aliphatic heterocycles. The van der Waals surface area contributed by atoms with E-state index in [9.17, 15) is 0 Å². The van der Waals surface area contributed by atoms with Crippen LogP contribution in [0.5, 0.6) is 0 Å². The van der Waals surface area contributed by atoms with Crippen molar-refractivity contribution in [3.05, 3.63) is 90.3 Å². The number of anilines is 1. The number of para-hydroxylation sites is 1. The van der Waals surface area contributed by atoms with Crippen molar-refractivity contribution in [1.82, 2.24) is 9.80 Å². The van der Waals surface area contributed by atoms with Gasteiger partial charge < -0.3 is 9.80 Å². The van der Waals surface area contributed by atoms with E-state index < -0.39 is 0 Å². The fourth-order valence-corrected chi connectivity index (χ4v) is 12.3. The predicted molar refractivity (Wildman–Crippen MR) is 194 cm³/mol. The number of fused-ring (bicyclic) bond motifs is 4. The summed E-state index contributed by atoms with van der Waals surface area (Å²) < 4.78 is 0. The van der Waals surface area contributed by atoms with Crippen molar-refractivity contribution in [2.45, 2.75) is 163 Å². The maximum absolute atomic E-state index is 3.25. The largest absolute Gasteiger partial charge is 0.358 e. The van der Waals surface area contributed by atoms with E-state index in [0.717, 1.165) is 42.9 Å². The summed E-state index contributed by atoms with van der Waals surface area (Å²) in [6.07, 6.45) is 43.2. The average molecular weight is 614 g/mol. The molecule has 9 unspecified atom stereocenters. The van der Waals surface area contributed by atoms with Crippen LogP contribution in [-0.2, 0) is 0 Å². The summed E-state index contributed by atoms with van der Waals surface area (Å²) in [5.74, 6) is 2.47. The van der Waals surface area contributed by atoms with Crippen molar-refractivity contribution in [2.75, 3.05) is 4.90 Å². The van der Waals surface area contributed by atoms with Crippen LogP contribution in [0.3, 0.4) is 0 Å². The first-order valence-electron chi connectivity index (χ1n) is 19.7. The van der Waals surface area contributed by atoms with Crippen molar-refractivity contribution in [3.8, 4) is 0 Å². The molecule has 6 aliphatic carbocycles. The molecule has 3 nitrogen and oxygen atoms in total. The monoisotopic (exact) mass is 613 g/mol. The lowest BCUT2D eigenvalue weighted by molar-refractivity contribution is 0.0156. The van der Waals surface area contributed by atoms with Gasteiger partial charge in [-0.3, -0.25) is 4.90 Å². The second kappa shape index (κ2) is 12.9. The fraction of sp³-hybridized carbons (Fsp3) is 0.619. The molecular weight excluding hydrogens is 557 g/mol. The number of benzene rings is 1. The van der Waals surface area contributed by atoms with Gasteiger partial charge in [0.05, 0.1) is 12.1 Å². The molecule has 1 aromatic rings. The Bertz CT molecular complexity index is 1390. The first kappa shape index (κ1) is 29.7. The Morgan fingerprint density at radius 3 is 2.28 bits per heavy atom. The highest BCUT2D eigenvalue weighted by atomic mass is 15.3. The SMILES string of the molecule is C1=CCC(N(c2ccccc2)C2C=C3C4B(C5CCCCC5N3C3=CCCCC3)C3CCCCC3N(C3CC=CCC3)C4C2)C=C1. The van der Waals surface area contributed by atoms with Crippen molar-refractivity contribution >= 4 is 12.4 Å². The van der Waals surface area contributed by atoms with E-state index in [1.54, 1.807) is 11.4 Å². The number of hydrogen-bond acceptors (Lipinski definition) is 3. The molecule has 242 valence electrons. The van der Waals surface area contributed by atoms with Crippen LogP contribution in [0.25, 0.3) is 0 Å². The number of allylic oxidation sites excluding steroid dienone is 5. The third kappa shape index (κ3) is 5.12. The highest BCUT2D eigenvalue weighted by Gasteiger charge is 2.62. The lowest BCUT2D eigenvalue weighted by Gasteiger charge is -2.66. The maximum Gasteiger partial charge on any atom is 0.162 e. The van der Waals surface area contributed by atoms with Crippen molar-refractivity contribution in [2.24, 2.45) is 0 Å². The van der Waals surface area contributed by atoms with Gasteiger partial charge in [0, 0.05) is 41.2 Å². The molecule has 9 rings (SSSR count). The van der Waals surface area contributed by atoms with Crippen LogP contribution in [0.1, 0.15) is 109 Å². The van der Waals surface area contributed by atoms with E-state index >= 15 is 0 Å². The van der Waals surface area contributed by atoms with Crippen LogP contribution in [0.2, 0.25) is 17.5 Å². The van der Waals surface area contributed by atoms with Crippen LogP contribution in [0.15, 0.2) is 90.3 Å². The zero-order valence-corrected chi connectivity index (χ0v) is 28.1. The molecule has 4 fully saturated rings. The van der Waals surface area contributed by atoms with Gasteiger partial charge in [-0.05, 0) is 106 Å². The van der Waals surface area contributed by atoms with E-state index in [2.05, 4.69) is 93.6 Å². The number of hydrogen-bond donors (Lipinski definition) is 0. The van der Waals surface area contributed by atoms with E-state index in [4.69, 9.17) is 0 Å². The molecule has 0 bridgehead atoms. The molecule has 9 atom stereocenters. The summed E-state index contributed by atoms with van der Waals surface area (Å²) in [7, 11) is 0. The molecule has 4 heteroatoms. The van der Waals surface area contributed by atoms with Gasteiger partial charge in [0.2, 0.25) is 0 Å². The Morgan fingerprint density at radius 2 is 1.52 bits per heavy atom. The van der Waals surface area contributed by atoms with Crippen LogP contribution in [-0.4, -0.2) is 52.8 Å². The summed E-state index contributed by atoms with van der Waals surface area (Å²) in [6.45, 7) is 0.881. The number of rotatable bonds is 5. The van der Waals surface area contributed by atoms with Gasteiger partial charge in [0.15, 0.2) is 6.71 Å². The molecule has 2 saturated heterocycles.